The highest BCUT2D eigenvalue weighted by molar-refractivity contribution is 7.12. The molecule has 9 heteroatoms. The monoisotopic (exact) mass is 394 g/mol. The number of aromatic nitrogens is 1. The van der Waals surface area contributed by atoms with E-state index in [-0.39, 0.29) is 18.3 Å². The molecule has 0 unspecified atom stereocenters. The molecule has 2 aromatic heterocycles. The van der Waals surface area contributed by atoms with Gasteiger partial charge in [-0.05, 0) is 41.3 Å². The van der Waals surface area contributed by atoms with E-state index in [0.29, 0.717) is 21.9 Å². The Bertz CT molecular complexity index is 913. The van der Waals surface area contributed by atoms with E-state index in [4.69, 9.17) is 4.74 Å². The molecule has 27 heavy (non-hydrogen) atoms. The van der Waals surface area contributed by atoms with Crippen LogP contribution in [0.25, 0.3) is 0 Å². The maximum atomic E-state index is 12.4. The molecular formula is C18H13F3N2O3S. The first-order chi connectivity index (χ1) is 12.9. The molecule has 0 saturated heterocycles. The number of ether oxygens (including phenoxy) is 2. The Hall–Kier alpha value is -3.07. The lowest BCUT2D eigenvalue weighted by Gasteiger charge is -2.11. The first-order valence-electron chi connectivity index (χ1n) is 7.67. The van der Waals surface area contributed by atoms with Gasteiger partial charge in [-0.15, -0.1) is 24.5 Å². The normalized spacial score (nSPS) is 11.1. The van der Waals surface area contributed by atoms with Gasteiger partial charge in [0.05, 0.1) is 11.9 Å². The van der Waals surface area contributed by atoms with Gasteiger partial charge in [-0.25, -0.2) is 0 Å². The van der Waals surface area contributed by atoms with Crippen molar-refractivity contribution in [1.82, 2.24) is 4.98 Å². The Morgan fingerprint density at radius 1 is 1.19 bits per heavy atom. The van der Waals surface area contributed by atoms with Gasteiger partial charge in [0, 0.05) is 6.20 Å². The van der Waals surface area contributed by atoms with Gasteiger partial charge in [-0.3, -0.25) is 9.78 Å². The van der Waals surface area contributed by atoms with E-state index in [1.54, 1.807) is 35.8 Å². The van der Waals surface area contributed by atoms with Crippen LogP contribution in [0.2, 0.25) is 0 Å². The second-order valence-electron chi connectivity index (χ2n) is 5.29. The average molecular weight is 394 g/mol. The molecule has 0 aliphatic heterocycles. The lowest BCUT2D eigenvalue weighted by molar-refractivity contribution is -0.274. The molecule has 2 heterocycles. The number of hydrogen-bond donors (Lipinski definition) is 1. The third-order valence-electron chi connectivity index (χ3n) is 3.28. The summed E-state index contributed by atoms with van der Waals surface area (Å²) in [7, 11) is 0. The number of anilines is 1. The zero-order valence-electron chi connectivity index (χ0n) is 13.7. The van der Waals surface area contributed by atoms with Gasteiger partial charge in [0.1, 0.15) is 23.0 Å². The summed E-state index contributed by atoms with van der Waals surface area (Å²) in [5.41, 5.74) is 1.01. The largest absolute Gasteiger partial charge is 0.573 e. The summed E-state index contributed by atoms with van der Waals surface area (Å²) in [6.45, 7) is -0.0149. The van der Waals surface area contributed by atoms with E-state index in [2.05, 4.69) is 15.0 Å². The second kappa shape index (κ2) is 8.09. The maximum Gasteiger partial charge on any atom is 0.573 e. The van der Waals surface area contributed by atoms with Crippen LogP contribution in [0.3, 0.4) is 0 Å². The van der Waals surface area contributed by atoms with Gasteiger partial charge in [-0.2, -0.15) is 0 Å². The summed E-state index contributed by atoms with van der Waals surface area (Å²) >= 11 is 1.19. The number of carbonyl (C=O) groups is 1. The lowest BCUT2D eigenvalue weighted by atomic mass is 10.2. The predicted octanol–water partition coefficient (Wildman–Crippen LogP) is 4.87. The van der Waals surface area contributed by atoms with Crippen molar-refractivity contribution in [3.63, 3.8) is 0 Å². The molecule has 0 bridgehead atoms. The summed E-state index contributed by atoms with van der Waals surface area (Å²) in [4.78, 5) is 16.6. The Morgan fingerprint density at radius 3 is 2.78 bits per heavy atom. The van der Waals surface area contributed by atoms with E-state index >= 15 is 0 Å². The molecule has 0 aliphatic rings. The fourth-order valence-electron chi connectivity index (χ4n) is 2.19. The van der Waals surface area contributed by atoms with Crippen molar-refractivity contribution in [1.29, 1.82) is 0 Å². The molecule has 0 spiro atoms. The van der Waals surface area contributed by atoms with Gasteiger partial charge in [0.25, 0.3) is 5.91 Å². The minimum absolute atomic E-state index is 0.0149. The van der Waals surface area contributed by atoms with Crippen LogP contribution in [0.15, 0.2) is 60.2 Å². The van der Waals surface area contributed by atoms with E-state index in [1.807, 2.05) is 0 Å². The molecule has 3 rings (SSSR count). The van der Waals surface area contributed by atoms with Gasteiger partial charge in [0.2, 0.25) is 0 Å². The van der Waals surface area contributed by atoms with E-state index in [1.165, 1.54) is 35.7 Å². The molecule has 1 N–H and O–H groups in total. The summed E-state index contributed by atoms with van der Waals surface area (Å²) in [6, 6.07) is 10.5. The number of thiophene rings is 1. The van der Waals surface area contributed by atoms with Crippen molar-refractivity contribution in [3.05, 3.63) is 70.7 Å². The SMILES string of the molecule is O=C(Nc1cccnc1)c1sccc1OCc1cccc(OC(F)(F)F)c1. The number of benzene rings is 1. The van der Waals surface area contributed by atoms with Gasteiger partial charge < -0.3 is 14.8 Å². The van der Waals surface area contributed by atoms with Crippen LogP contribution >= 0.6 is 11.3 Å². The fraction of sp³-hybridized carbons (Fsp3) is 0.111. The number of hydrogen-bond acceptors (Lipinski definition) is 5. The highest BCUT2D eigenvalue weighted by Gasteiger charge is 2.31. The van der Waals surface area contributed by atoms with Crippen molar-refractivity contribution >= 4 is 22.9 Å². The second-order valence-corrected chi connectivity index (χ2v) is 6.21. The first-order valence-corrected chi connectivity index (χ1v) is 8.55. The van der Waals surface area contributed by atoms with Crippen molar-refractivity contribution in [2.45, 2.75) is 13.0 Å². The van der Waals surface area contributed by atoms with Crippen molar-refractivity contribution in [2.24, 2.45) is 0 Å². The van der Waals surface area contributed by atoms with Crippen LogP contribution in [-0.2, 0) is 6.61 Å². The molecule has 3 aromatic rings. The number of amides is 1. The zero-order valence-corrected chi connectivity index (χ0v) is 14.5. The van der Waals surface area contributed by atoms with E-state index in [0.717, 1.165) is 0 Å². The van der Waals surface area contributed by atoms with Crippen LogP contribution in [0.5, 0.6) is 11.5 Å². The van der Waals surface area contributed by atoms with Crippen molar-refractivity contribution in [2.75, 3.05) is 5.32 Å². The smallest absolute Gasteiger partial charge is 0.487 e. The molecule has 0 saturated carbocycles. The highest BCUT2D eigenvalue weighted by Crippen LogP contribution is 2.28. The standard InChI is InChI=1S/C18H13F3N2O3S/c19-18(20,21)26-14-5-1-3-12(9-14)11-25-15-6-8-27-16(15)17(24)23-13-4-2-7-22-10-13/h1-10H,11H2,(H,23,24). The maximum absolute atomic E-state index is 12.4. The fourth-order valence-corrected chi connectivity index (χ4v) is 2.92. The summed E-state index contributed by atoms with van der Waals surface area (Å²) in [6.07, 6.45) is -1.66. The number of rotatable bonds is 6. The van der Waals surface area contributed by atoms with Crippen LogP contribution < -0.4 is 14.8 Å². The third kappa shape index (κ3) is 5.45. The molecule has 5 nitrogen and oxygen atoms in total. The van der Waals surface area contributed by atoms with Gasteiger partial charge >= 0.3 is 6.36 Å². The van der Waals surface area contributed by atoms with Crippen molar-refractivity contribution in [3.8, 4) is 11.5 Å². The molecule has 0 radical (unpaired) electrons. The Labute approximate surface area is 156 Å². The molecule has 0 fully saturated rings. The summed E-state index contributed by atoms with van der Waals surface area (Å²) < 4.78 is 46.4. The summed E-state index contributed by atoms with van der Waals surface area (Å²) in [5.74, 6) is -0.353. The number of nitrogens with zero attached hydrogens (tertiary/aromatic N) is 1. The third-order valence-corrected chi connectivity index (χ3v) is 4.18. The zero-order chi connectivity index (χ0) is 19.3. The molecular weight excluding hydrogens is 381 g/mol. The topological polar surface area (TPSA) is 60.5 Å². The minimum Gasteiger partial charge on any atom is -0.487 e. The highest BCUT2D eigenvalue weighted by atomic mass is 32.1. The Kier molecular flexibility index (Phi) is 5.60. The molecule has 0 atom stereocenters. The Morgan fingerprint density at radius 2 is 2.04 bits per heavy atom. The number of carbonyl (C=O) groups excluding carboxylic acids is 1. The van der Waals surface area contributed by atoms with Crippen LogP contribution in [0.1, 0.15) is 15.2 Å². The van der Waals surface area contributed by atoms with Crippen LogP contribution in [-0.4, -0.2) is 17.3 Å². The predicted molar refractivity (Wildman–Crippen MR) is 94.0 cm³/mol. The van der Waals surface area contributed by atoms with E-state index < -0.39 is 6.36 Å². The molecule has 1 aromatic carbocycles. The number of halogens is 3. The van der Waals surface area contributed by atoms with E-state index in [9.17, 15) is 18.0 Å². The molecule has 0 aliphatic carbocycles. The minimum atomic E-state index is -4.76. The van der Waals surface area contributed by atoms with Crippen LogP contribution in [0.4, 0.5) is 18.9 Å². The van der Waals surface area contributed by atoms with Crippen LogP contribution in [0, 0.1) is 0 Å². The number of alkyl halides is 3. The summed E-state index contributed by atoms with van der Waals surface area (Å²) in [5, 5.41) is 4.39. The molecule has 140 valence electrons. The number of pyridine rings is 1. The van der Waals surface area contributed by atoms with Gasteiger partial charge in [0.15, 0.2) is 0 Å². The van der Waals surface area contributed by atoms with Crippen molar-refractivity contribution < 1.29 is 27.4 Å². The molecule has 1 amide bonds. The number of nitrogens with one attached hydrogen (secondary N) is 1. The quantitative estimate of drug-likeness (QED) is 0.648. The van der Waals surface area contributed by atoms with Gasteiger partial charge in [-0.1, -0.05) is 12.1 Å². The Balaban J connectivity index is 1.65. The lowest BCUT2D eigenvalue weighted by Crippen LogP contribution is -2.17. The average Bonchev–Trinajstić information content (AvgIpc) is 3.08. The first kappa shape index (κ1) is 18.7.